The molecule has 0 saturated carbocycles. The second kappa shape index (κ2) is 4.26. The first-order chi connectivity index (χ1) is 10.2. The number of hydrazone groups is 1. The molecule has 2 aliphatic rings. The highest BCUT2D eigenvalue weighted by molar-refractivity contribution is 8.16. The van der Waals surface area contributed by atoms with E-state index in [1.165, 1.54) is 11.8 Å². The van der Waals surface area contributed by atoms with E-state index >= 15 is 0 Å². The third-order valence-corrected chi connectivity index (χ3v) is 4.88. The maximum Gasteiger partial charge on any atom is 0.267 e. The molecule has 2 aromatic rings. The Kier molecular flexibility index (Phi) is 2.49. The number of amides is 1. The van der Waals surface area contributed by atoms with E-state index in [0.29, 0.717) is 10.6 Å². The van der Waals surface area contributed by atoms with Crippen LogP contribution in [0.4, 0.5) is 5.69 Å². The number of hydrogen-bond donors (Lipinski definition) is 3. The molecule has 5 nitrogen and oxygen atoms in total. The summed E-state index contributed by atoms with van der Waals surface area (Å²) in [6.07, 6.45) is 0. The Labute approximate surface area is 125 Å². The van der Waals surface area contributed by atoms with Crippen LogP contribution < -0.4 is 10.7 Å². The van der Waals surface area contributed by atoms with Crippen molar-refractivity contribution in [3.05, 3.63) is 59.7 Å². The number of carbonyl (C=O) groups excluding carboxylic acids is 1. The van der Waals surface area contributed by atoms with E-state index in [1.807, 2.05) is 30.3 Å². The quantitative estimate of drug-likeness (QED) is 0.754. The minimum absolute atomic E-state index is 0.147. The number of fused-ring (bicyclic) bond motifs is 2. The molecule has 6 heteroatoms. The minimum atomic E-state index is -0.950. The van der Waals surface area contributed by atoms with Gasteiger partial charge in [0, 0.05) is 11.3 Å². The van der Waals surface area contributed by atoms with E-state index in [4.69, 9.17) is 0 Å². The molecule has 104 valence electrons. The van der Waals surface area contributed by atoms with Crippen molar-refractivity contribution >= 4 is 28.4 Å². The molecule has 1 amide bonds. The van der Waals surface area contributed by atoms with Crippen LogP contribution in [0.15, 0.2) is 53.6 Å². The number of rotatable bonds is 1. The van der Waals surface area contributed by atoms with Crippen LogP contribution in [0, 0.1) is 0 Å². The van der Waals surface area contributed by atoms with Crippen molar-refractivity contribution in [2.75, 3.05) is 5.32 Å². The van der Waals surface area contributed by atoms with Crippen LogP contribution >= 0.6 is 11.8 Å². The average Bonchev–Trinajstić information content (AvgIpc) is 3.05. The number of benzene rings is 2. The molecule has 0 saturated heterocycles. The van der Waals surface area contributed by atoms with Crippen LogP contribution in [0.5, 0.6) is 5.75 Å². The SMILES string of the molecule is O=C1Nc2ccccc2[C@]12NN=C(c1ccccc1O)S2. The van der Waals surface area contributed by atoms with Gasteiger partial charge < -0.3 is 10.4 Å². The van der Waals surface area contributed by atoms with Crippen LogP contribution in [0.25, 0.3) is 0 Å². The predicted molar refractivity (Wildman–Crippen MR) is 82.1 cm³/mol. The fraction of sp³-hybridized carbons (Fsp3) is 0.0667. The van der Waals surface area contributed by atoms with Gasteiger partial charge >= 0.3 is 0 Å². The molecule has 4 rings (SSSR count). The first-order valence-electron chi connectivity index (χ1n) is 6.44. The summed E-state index contributed by atoms with van der Waals surface area (Å²) in [7, 11) is 0. The Bertz CT molecular complexity index is 790. The molecule has 2 aromatic carbocycles. The fourth-order valence-corrected chi connectivity index (χ4v) is 3.72. The minimum Gasteiger partial charge on any atom is -0.507 e. The number of phenols is 1. The number of para-hydroxylation sites is 2. The van der Waals surface area contributed by atoms with Crippen molar-refractivity contribution in [2.24, 2.45) is 5.10 Å². The van der Waals surface area contributed by atoms with Crippen molar-refractivity contribution < 1.29 is 9.90 Å². The van der Waals surface area contributed by atoms with Gasteiger partial charge in [0.15, 0.2) is 0 Å². The van der Waals surface area contributed by atoms with E-state index < -0.39 is 4.87 Å². The largest absolute Gasteiger partial charge is 0.507 e. The van der Waals surface area contributed by atoms with E-state index in [-0.39, 0.29) is 11.7 Å². The fourth-order valence-electron chi connectivity index (χ4n) is 2.53. The van der Waals surface area contributed by atoms with Gasteiger partial charge in [0.1, 0.15) is 10.8 Å². The summed E-state index contributed by atoms with van der Waals surface area (Å²) in [5.41, 5.74) is 5.20. The maximum absolute atomic E-state index is 12.4. The van der Waals surface area contributed by atoms with Crippen LogP contribution in [0.2, 0.25) is 0 Å². The highest BCUT2D eigenvalue weighted by Crippen LogP contribution is 2.48. The van der Waals surface area contributed by atoms with Crippen molar-refractivity contribution in [1.29, 1.82) is 0 Å². The molecule has 2 aliphatic heterocycles. The maximum atomic E-state index is 12.4. The first kappa shape index (κ1) is 12.3. The third-order valence-electron chi connectivity index (χ3n) is 3.57. The van der Waals surface area contributed by atoms with Crippen molar-refractivity contribution in [1.82, 2.24) is 5.43 Å². The van der Waals surface area contributed by atoms with Gasteiger partial charge in [0.05, 0.1) is 5.56 Å². The second-order valence-corrected chi connectivity index (χ2v) is 6.03. The van der Waals surface area contributed by atoms with Crippen LogP contribution in [-0.2, 0) is 9.67 Å². The molecule has 0 bridgehead atoms. The van der Waals surface area contributed by atoms with E-state index in [1.54, 1.807) is 18.2 Å². The Morgan fingerprint density at radius 3 is 2.71 bits per heavy atom. The first-order valence-corrected chi connectivity index (χ1v) is 7.25. The Hall–Kier alpha value is -2.47. The second-order valence-electron chi connectivity index (χ2n) is 4.83. The number of thioether (sulfide) groups is 1. The van der Waals surface area contributed by atoms with Gasteiger partial charge in [-0.2, -0.15) is 5.10 Å². The molecule has 0 aromatic heterocycles. The molecule has 21 heavy (non-hydrogen) atoms. The lowest BCUT2D eigenvalue weighted by Gasteiger charge is -2.19. The van der Waals surface area contributed by atoms with Crippen LogP contribution in [0.3, 0.4) is 0 Å². The molecular weight excluding hydrogens is 286 g/mol. The van der Waals surface area contributed by atoms with E-state index in [0.717, 1.165) is 11.3 Å². The summed E-state index contributed by atoms with van der Waals surface area (Å²) in [6.45, 7) is 0. The van der Waals surface area contributed by atoms with Gasteiger partial charge in [-0.05, 0) is 18.2 Å². The predicted octanol–water partition coefficient (Wildman–Crippen LogP) is 2.20. The summed E-state index contributed by atoms with van der Waals surface area (Å²) >= 11 is 1.31. The van der Waals surface area contributed by atoms with Crippen molar-refractivity contribution in [2.45, 2.75) is 4.87 Å². The van der Waals surface area contributed by atoms with Crippen LogP contribution in [-0.4, -0.2) is 16.1 Å². The molecule has 0 aliphatic carbocycles. The Balaban J connectivity index is 1.76. The number of anilines is 1. The van der Waals surface area contributed by atoms with Gasteiger partial charge in [-0.25, -0.2) is 0 Å². The van der Waals surface area contributed by atoms with Gasteiger partial charge in [-0.15, -0.1) is 0 Å². The summed E-state index contributed by atoms with van der Waals surface area (Å²) in [4.78, 5) is 11.4. The molecule has 2 heterocycles. The number of nitrogens with zero attached hydrogens (tertiary/aromatic N) is 1. The lowest BCUT2D eigenvalue weighted by atomic mass is 10.1. The standard InChI is InChI=1S/C15H11N3O2S/c19-12-8-4-1-5-9(12)13-17-18-15(21-13)10-6-2-3-7-11(10)16-14(15)20/h1-8,18-19H,(H,16,20)/t15-/m1/s1. The summed E-state index contributed by atoms with van der Waals surface area (Å²) in [6, 6.07) is 14.5. The highest BCUT2D eigenvalue weighted by Gasteiger charge is 2.52. The van der Waals surface area contributed by atoms with Gasteiger partial charge in [-0.1, -0.05) is 42.1 Å². The number of phenolic OH excluding ortho intramolecular Hbond substituents is 1. The molecule has 1 atom stereocenters. The van der Waals surface area contributed by atoms with E-state index in [9.17, 15) is 9.90 Å². The topological polar surface area (TPSA) is 73.7 Å². The highest BCUT2D eigenvalue weighted by atomic mass is 32.2. The van der Waals surface area contributed by atoms with Crippen LogP contribution in [0.1, 0.15) is 11.1 Å². The van der Waals surface area contributed by atoms with Gasteiger partial charge in [-0.3, -0.25) is 10.2 Å². The molecule has 0 radical (unpaired) electrons. The van der Waals surface area contributed by atoms with Gasteiger partial charge in [0.25, 0.3) is 5.91 Å². The third kappa shape index (κ3) is 1.66. The molecular formula is C15H11N3O2S. The Morgan fingerprint density at radius 2 is 1.86 bits per heavy atom. The summed E-state index contributed by atoms with van der Waals surface area (Å²) in [5, 5.41) is 17.7. The number of aromatic hydroxyl groups is 1. The summed E-state index contributed by atoms with van der Waals surface area (Å²) < 4.78 is 0. The monoisotopic (exact) mass is 297 g/mol. The Morgan fingerprint density at radius 1 is 1.10 bits per heavy atom. The normalized spacial score (nSPS) is 22.7. The van der Waals surface area contributed by atoms with Gasteiger partial charge in [0.2, 0.25) is 4.87 Å². The number of nitrogens with one attached hydrogen (secondary N) is 2. The number of carbonyl (C=O) groups is 1. The zero-order chi connectivity index (χ0) is 14.4. The molecule has 3 N–H and O–H groups in total. The summed E-state index contributed by atoms with van der Waals surface area (Å²) in [5.74, 6) is -0.00263. The molecule has 1 spiro atoms. The lowest BCUT2D eigenvalue weighted by molar-refractivity contribution is -0.118. The zero-order valence-corrected chi connectivity index (χ0v) is 11.6. The van der Waals surface area contributed by atoms with E-state index in [2.05, 4.69) is 15.8 Å². The number of hydrogen-bond acceptors (Lipinski definition) is 5. The smallest absolute Gasteiger partial charge is 0.267 e. The molecule has 0 fully saturated rings. The lowest BCUT2D eigenvalue weighted by Crippen LogP contribution is -2.39. The zero-order valence-electron chi connectivity index (χ0n) is 10.8. The molecule has 0 unspecified atom stereocenters. The average molecular weight is 297 g/mol. The van der Waals surface area contributed by atoms with Crippen molar-refractivity contribution in [3.63, 3.8) is 0 Å². The van der Waals surface area contributed by atoms with Crippen molar-refractivity contribution in [3.8, 4) is 5.75 Å².